The molecule has 0 spiro atoms. The predicted molar refractivity (Wildman–Crippen MR) is 132 cm³/mol. The number of hydrogen-bond acceptors (Lipinski definition) is 3. The van der Waals surface area contributed by atoms with Gasteiger partial charge >= 0.3 is 0 Å². The van der Waals surface area contributed by atoms with E-state index in [9.17, 15) is 14.3 Å². The van der Waals surface area contributed by atoms with Crippen LogP contribution >= 0.6 is 0 Å². The predicted octanol–water partition coefficient (Wildman–Crippen LogP) is 6.62. The highest BCUT2D eigenvalue weighted by Crippen LogP contribution is 2.66. The Morgan fingerprint density at radius 1 is 1.18 bits per heavy atom. The molecule has 5 rings (SSSR count). The van der Waals surface area contributed by atoms with Crippen LogP contribution in [-0.4, -0.2) is 23.0 Å². The third-order valence-electron chi connectivity index (χ3n) is 10.5. The molecule has 184 valence electrons. The average Bonchev–Trinajstić information content (AvgIpc) is 3.07. The van der Waals surface area contributed by atoms with Crippen LogP contribution in [0.2, 0.25) is 0 Å². The van der Waals surface area contributed by atoms with E-state index in [1.807, 2.05) is 6.92 Å². The first-order valence-corrected chi connectivity index (χ1v) is 13.3. The topological polar surface area (TPSA) is 53.7 Å². The smallest absolute Gasteiger partial charge is 0.212 e. The van der Waals surface area contributed by atoms with E-state index in [1.165, 1.54) is 31.4 Å². The Hall–Kier alpha value is -1.93. The van der Waals surface area contributed by atoms with Crippen LogP contribution in [0.4, 0.5) is 15.8 Å². The molecule has 0 bridgehead atoms. The Balaban J connectivity index is 1.30. The van der Waals surface area contributed by atoms with Gasteiger partial charge in [-0.25, -0.2) is 9.24 Å². The summed E-state index contributed by atoms with van der Waals surface area (Å²) in [6.07, 6.45) is 8.80. The van der Waals surface area contributed by atoms with Crippen LogP contribution < -0.4 is 5.32 Å². The standard InChI is InChI=1S/C29H39FN2O2/c1-17-13-23(26(33)16-32-24-8-6-19(30)14-25(24)31-4)29(3)12-10-21-20-9-11-28(2,34)15-18(20)5-7-22(21)27(17)29/h6,8,14,17-18,20-23,27,32,34H,5,7,9-13,15-16H2,1-3H3/t17-,18-,20+,21-,22-,23-,27+,28-,29-/m1/s1. The maximum atomic E-state index is 13.5. The van der Waals surface area contributed by atoms with Crippen molar-refractivity contribution in [3.05, 3.63) is 35.4 Å². The maximum Gasteiger partial charge on any atom is 0.212 e. The molecule has 1 aromatic carbocycles. The van der Waals surface area contributed by atoms with Crippen molar-refractivity contribution in [1.82, 2.24) is 0 Å². The highest BCUT2D eigenvalue weighted by atomic mass is 19.1. The summed E-state index contributed by atoms with van der Waals surface area (Å²) in [6.45, 7) is 14.3. The molecular formula is C29H39FN2O2. The van der Waals surface area contributed by atoms with E-state index in [4.69, 9.17) is 6.57 Å². The number of halogens is 1. The molecule has 4 nitrogen and oxygen atoms in total. The minimum atomic E-state index is -0.486. The molecule has 4 fully saturated rings. The number of carbonyl (C=O) groups excluding carboxylic acids is 1. The molecule has 2 N–H and O–H groups in total. The minimum Gasteiger partial charge on any atom is -0.390 e. The van der Waals surface area contributed by atoms with Gasteiger partial charge in [-0.05, 0) is 117 Å². The van der Waals surface area contributed by atoms with E-state index in [0.29, 0.717) is 29.4 Å². The Kier molecular flexibility index (Phi) is 6.04. The van der Waals surface area contributed by atoms with Gasteiger partial charge < -0.3 is 10.4 Å². The number of ketones is 1. The lowest BCUT2D eigenvalue weighted by molar-refractivity contribution is -0.131. The lowest BCUT2D eigenvalue weighted by Gasteiger charge is -2.57. The number of benzene rings is 1. The molecule has 0 aromatic heterocycles. The molecule has 1 aromatic rings. The third-order valence-corrected chi connectivity index (χ3v) is 10.5. The molecule has 5 heteroatoms. The van der Waals surface area contributed by atoms with Gasteiger partial charge in [0, 0.05) is 11.6 Å². The molecule has 4 saturated carbocycles. The summed E-state index contributed by atoms with van der Waals surface area (Å²) < 4.78 is 13.5. The SMILES string of the molecule is [C-]#[N+]c1cc(F)ccc1NCC(=O)[C@H]1C[C@@H](C)[C@H]2[C@@H]3CC[C@@H]4C[C@](C)(O)CC[C@@H]4[C@H]3CC[C@@]21C. The summed E-state index contributed by atoms with van der Waals surface area (Å²) in [5.41, 5.74) is 0.311. The molecule has 0 aliphatic heterocycles. The van der Waals surface area contributed by atoms with Gasteiger partial charge in [-0.3, -0.25) is 4.79 Å². The van der Waals surface area contributed by atoms with Gasteiger partial charge in [0.1, 0.15) is 5.82 Å². The molecule has 9 atom stereocenters. The van der Waals surface area contributed by atoms with Crippen molar-refractivity contribution in [2.45, 2.75) is 77.7 Å². The second-order valence-corrected chi connectivity index (χ2v) is 12.5. The van der Waals surface area contributed by atoms with Crippen LogP contribution in [0.5, 0.6) is 0 Å². The van der Waals surface area contributed by atoms with E-state index in [2.05, 4.69) is 24.0 Å². The number of fused-ring (bicyclic) bond motifs is 5. The Bertz CT molecular complexity index is 1000. The van der Waals surface area contributed by atoms with Crippen LogP contribution in [-0.2, 0) is 4.79 Å². The summed E-state index contributed by atoms with van der Waals surface area (Å²) in [7, 11) is 0. The Labute approximate surface area is 203 Å². The molecule has 0 amide bonds. The molecule has 34 heavy (non-hydrogen) atoms. The van der Waals surface area contributed by atoms with Crippen molar-refractivity contribution < 1.29 is 14.3 Å². The maximum absolute atomic E-state index is 13.5. The highest BCUT2D eigenvalue weighted by Gasteiger charge is 2.60. The van der Waals surface area contributed by atoms with Gasteiger partial charge in [-0.2, -0.15) is 0 Å². The molecular weight excluding hydrogens is 427 g/mol. The lowest BCUT2D eigenvalue weighted by atomic mass is 9.48. The third kappa shape index (κ3) is 3.96. The zero-order valence-electron chi connectivity index (χ0n) is 20.8. The quantitative estimate of drug-likeness (QED) is 0.490. The molecule has 4 aliphatic rings. The second kappa shape index (κ2) is 8.63. The van der Waals surface area contributed by atoms with Crippen LogP contribution in [0, 0.1) is 59.2 Å². The molecule has 0 saturated heterocycles. The molecule has 4 aliphatic carbocycles. The van der Waals surface area contributed by atoms with Crippen molar-refractivity contribution in [1.29, 1.82) is 0 Å². The van der Waals surface area contributed by atoms with Gasteiger partial charge in [0.05, 0.1) is 18.7 Å². The van der Waals surface area contributed by atoms with Crippen molar-refractivity contribution in [3.8, 4) is 0 Å². The summed E-state index contributed by atoms with van der Waals surface area (Å²) in [5.74, 6) is 3.85. The fraction of sp³-hybridized carbons (Fsp3) is 0.724. The van der Waals surface area contributed by atoms with Crippen molar-refractivity contribution >= 4 is 17.2 Å². The normalized spacial score (nSPS) is 43.2. The van der Waals surface area contributed by atoms with Crippen LogP contribution in [0.3, 0.4) is 0 Å². The number of anilines is 1. The van der Waals surface area contributed by atoms with Crippen LogP contribution in [0.15, 0.2) is 18.2 Å². The fourth-order valence-corrected chi connectivity index (χ4v) is 9.17. The Morgan fingerprint density at radius 2 is 1.94 bits per heavy atom. The number of Topliss-reactive ketones (excluding diaryl/α,β-unsaturated/α-hetero) is 1. The van der Waals surface area contributed by atoms with Gasteiger partial charge in [0.25, 0.3) is 0 Å². The lowest BCUT2D eigenvalue weighted by Crippen LogP contribution is -2.52. The summed E-state index contributed by atoms with van der Waals surface area (Å²) >= 11 is 0. The minimum absolute atomic E-state index is 0.0395. The summed E-state index contributed by atoms with van der Waals surface area (Å²) in [6, 6.07) is 4.11. The number of nitrogens with one attached hydrogen (secondary N) is 1. The second-order valence-electron chi connectivity index (χ2n) is 12.5. The molecule has 0 radical (unpaired) electrons. The number of aliphatic hydroxyl groups is 1. The Morgan fingerprint density at radius 3 is 2.71 bits per heavy atom. The number of nitrogens with zero attached hydrogens (tertiary/aromatic N) is 1. The van der Waals surface area contributed by atoms with Crippen LogP contribution in [0.1, 0.15) is 72.1 Å². The van der Waals surface area contributed by atoms with Crippen molar-refractivity contribution in [3.63, 3.8) is 0 Å². The van der Waals surface area contributed by atoms with E-state index < -0.39 is 11.4 Å². The van der Waals surface area contributed by atoms with Gasteiger partial charge in [-0.15, -0.1) is 0 Å². The average molecular weight is 467 g/mol. The zero-order valence-corrected chi connectivity index (χ0v) is 20.8. The van der Waals surface area contributed by atoms with Gasteiger partial charge in [0.15, 0.2) is 5.78 Å². The van der Waals surface area contributed by atoms with Crippen molar-refractivity contribution in [2.75, 3.05) is 11.9 Å². The van der Waals surface area contributed by atoms with Crippen LogP contribution in [0.25, 0.3) is 4.85 Å². The first-order valence-electron chi connectivity index (χ1n) is 13.3. The number of rotatable bonds is 4. The van der Waals surface area contributed by atoms with E-state index in [0.717, 1.165) is 43.9 Å². The first kappa shape index (κ1) is 23.8. The number of hydrogen-bond donors (Lipinski definition) is 2. The first-order chi connectivity index (χ1) is 16.1. The van der Waals surface area contributed by atoms with E-state index in [1.54, 1.807) is 6.07 Å². The zero-order chi connectivity index (χ0) is 24.3. The van der Waals surface area contributed by atoms with Gasteiger partial charge in [0.2, 0.25) is 5.69 Å². The number of carbonyl (C=O) groups is 1. The van der Waals surface area contributed by atoms with E-state index in [-0.39, 0.29) is 29.3 Å². The monoisotopic (exact) mass is 466 g/mol. The largest absolute Gasteiger partial charge is 0.390 e. The van der Waals surface area contributed by atoms with E-state index >= 15 is 0 Å². The summed E-state index contributed by atoms with van der Waals surface area (Å²) in [5, 5.41) is 13.8. The molecule has 0 heterocycles. The van der Waals surface area contributed by atoms with Crippen molar-refractivity contribution in [2.24, 2.45) is 46.8 Å². The fourth-order valence-electron chi connectivity index (χ4n) is 9.17. The molecule has 0 unspecified atom stereocenters. The summed E-state index contributed by atoms with van der Waals surface area (Å²) in [4.78, 5) is 16.9. The highest BCUT2D eigenvalue weighted by molar-refractivity contribution is 5.87. The van der Waals surface area contributed by atoms with Gasteiger partial charge in [-0.1, -0.05) is 13.8 Å².